The fraction of sp³-hybridized carbons (Fsp3) is 0.364. The molecule has 0 atom stereocenters. The highest BCUT2D eigenvalue weighted by atomic mass is 19.3. The van der Waals surface area contributed by atoms with E-state index < -0.39 is 25.0 Å². The van der Waals surface area contributed by atoms with Gasteiger partial charge in [-0.3, -0.25) is 4.79 Å². The summed E-state index contributed by atoms with van der Waals surface area (Å²) >= 11 is 0. The van der Waals surface area contributed by atoms with Gasteiger partial charge in [-0.25, -0.2) is 8.78 Å². The van der Waals surface area contributed by atoms with Crippen molar-refractivity contribution < 1.29 is 23.8 Å². The topological polar surface area (TPSA) is 69.6 Å². The maximum Gasteiger partial charge on any atom is 0.287 e. The summed E-state index contributed by atoms with van der Waals surface area (Å²) < 4.78 is 25.3. The molecule has 1 amide bonds. The molecule has 6 heteroatoms. The summed E-state index contributed by atoms with van der Waals surface area (Å²) in [5.41, 5.74) is 0.670. The van der Waals surface area contributed by atoms with Crippen LogP contribution in [-0.2, 0) is 0 Å². The summed E-state index contributed by atoms with van der Waals surface area (Å²) in [5, 5.41) is 19.7. The molecule has 0 radical (unpaired) electrons. The number of hydrogen-bond donors (Lipinski definition) is 3. The van der Waals surface area contributed by atoms with E-state index in [4.69, 9.17) is 5.11 Å². The Morgan fingerprint density at radius 1 is 1.47 bits per heavy atom. The molecule has 0 aromatic heterocycles. The third kappa shape index (κ3) is 3.67. The summed E-state index contributed by atoms with van der Waals surface area (Å²) in [6.45, 7) is -0.593. The quantitative estimate of drug-likeness (QED) is 0.742. The van der Waals surface area contributed by atoms with Gasteiger partial charge in [0.15, 0.2) is 0 Å². The Morgan fingerprint density at radius 2 is 2.12 bits per heavy atom. The van der Waals surface area contributed by atoms with Crippen LogP contribution < -0.4 is 5.32 Å². The first-order valence-electron chi connectivity index (χ1n) is 4.92. The van der Waals surface area contributed by atoms with Crippen molar-refractivity contribution in [3.8, 4) is 5.75 Å². The van der Waals surface area contributed by atoms with Crippen LogP contribution in [-0.4, -0.2) is 35.2 Å². The Hall–Kier alpha value is -1.69. The van der Waals surface area contributed by atoms with Crippen LogP contribution in [0, 0.1) is 6.92 Å². The molecule has 0 saturated heterocycles. The van der Waals surface area contributed by atoms with Crippen molar-refractivity contribution in [3.63, 3.8) is 0 Å². The van der Waals surface area contributed by atoms with Gasteiger partial charge in [-0.1, -0.05) is 6.07 Å². The zero-order chi connectivity index (χ0) is 13.1. The molecule has 1 aromatic carbocycles. The van der Waals surface area contributed by atoms with Crippen LogP contribution in [0.5, 0.6) is 5.75 Å². The number of rotatable bonds is 4. The fourth-order valence-electron chi connectivity index (χ4n) is 1.19. The van der Waals surface area contributed by atoms with Gasteiger partial charge in [-0.05, 0) is 24.6 Å². The Labute approximate surface area is 96.9 Å². The SMILES string of the molecule is Cc1ccc(C(=O)NCC(F)(F)CO)c(O)c1. The standard InChI is InChI=1S/C11H13F2NO3/c1-7-2-3-8(9(16)4-7)10(17)14-5-11(12,13)6-15/h2-4,15-16H,5-6H2,1H3,(H,14,17). The zero-order valence-electron chi connectivity index (χ0n) is 9.20. The average molecular weight is 245 g/mol. The van der Waals surface area contributed by atoms with Gasteiger partial charge in [0.2, 0.25) is 0 Å². The summed E-state index contributed by atoms with van der Waals surface area (Å²) in [5.74, 6) is -4.44. The van der Waals surface area contributed by atoms with E-state index in [1.807, 2.05) is 5.32 Å². The maximum atomic E-state index is 12.7. The van der Waals surface area contributed by atoms with Gasteiger partial charge in [0.25, 0.3) is 11.8 Å². The molecule has 0 spiro atoms. The zero-order valence-corrected chi connectivity index (χ0v) is 9.20. The predicted molar refractivity (Wildman–Crippen MR) is 57.2 cm³/mol. The molecule has 1 aromatic rings. The van der Waals surface area contributed by atoms with E-state index in [1.165, 1.54) is 12.1 Å². The predicted octanol–water partition coefficient (Wildman–Crippen LogP) is 1.06. The second-order valence-corrected chi connectivity index (χ2v) is 3.72. The van der Waals surface area contributed by atoms with Crippen LogP contribution in [0.2, 0.25) is 0 Å². The van der Waals surface area contributed by atoms with E-state index in [1.54, 1.807) is 13.0 Å². The number of carbonyl (C=O) groups is 1. The van der Waals surface area contributed by atoms with Crippen molar-refractivity contribution in [2.75, 3.05) is 13.2 Å². The lowest BCUT2D eigenvalue weighted by atomic mass is 10.1. The van der Waals surface area contributed by atoms with E-state index in [0.29, 0.717) is 0 Å². The first-order chi connectivity index (χ1) is 7.85. The van der Waals surface area contributed by atoms with Gasteiger partial charge in [-0.15, -0.1) is 0 Å². The molecule has 17 heavy (non-hydrogen) atoms. The van der Waals surface area contributed by atoms with Gasteiger partial charge in [0.1, 0.15) is 12.4 Å². The molecule has 1 rings (SSSR count). The number of phenolic OH excluding ortho intramolecular Hbond substituents is 1. The molecule has 0 aliphatic carbocycles. The molecule has 0 aliphatic rings. The minimum absolute atomic E-state index is 0.0793. The molecule has 3 N–H and O–H groups in total. The number of carbonyl (C=O) groups excluding carboxylic acids is 1. The van der Waals surface area contributed by atoms with Crippen LogP contribution in [0.1, 0.15) is 15.9 Å². The van der Waals surface area contributed by atoms with Crippen molar-refractivity contribution in [2.45, 2.75) is 12.8 Å². The van der Waals surface area contributed by atoms with E-state index in [0.717, 1.165) is 5.56 Å². The summed E-state index contributed by atoms with van der Waals surface area (Å²) in [4.78, 5) is 11.5. The summed E-state index contributed by atoms with van der Waals surface area (Å²) in [6.07, 6.45) is 0. The van der Waals surface area contributed by atoms with E-state index in [-0.39, 0.29) is 11.3 Å². The Kier molecular flexibility index (Phi) is 4.01. The number of phenols is 1. The summed E-state index contributed by atoms with van der Waals surface area (Å²) in [6, 6.07) is 4.29. The van der Waals surface area contributed by atoms with Crippen molar-refractivity contribution >= 4 is 5.91 Å². The molecular formula is C11H13F2NO3. The lowest BCUT2D eigenvalue weighted by molar-refractivity contribution is -0.0462. The maximum absolute atomic E-state index is 12.7. The number of alkyl halides is 2. The molecule has 0 fully saturated rings. The molecule has 0 unspecified atom stereocenters. The highest BCUT2D eigenvalue weighted by molar-refractivity contribution is 5.96. The van der Waals surface area contributed by atoms with Gasteiger partial charge in [0, 0.05) is 0 Å². The van der Waals surface area contributed by atoms with Gasteiger partial charge >= 0.3 is 0 Å². The minimum atomic E-state index is -3.37. The number of aromatic hydroxyl groups is 1. The monoisotopic (exact) mass is 245 g/mol. The number of nitrogens with one attached hydrogen (secondary N) is 1. The highest BCUT2D eigenvalue weighted by Crippen LogP contribution is 2.18. The second kappa shape index (κ2) is 5.09. The van der Waals surface area contributed by atoms with Gasteiger partial charge in [0.05, 0.1) is 12.1 Å². The number of amides is 1. The molecule has 0 heterocycles. The van der Waals surface area contributed by atoms with Crippen LogP contribution in [0.25, 0.3) is 0 Å². The first-order valence-corrected chi connectivity index (χ1v) is 4.92. The van der Waals surface area contributed by atoms with Crippen molar-refractivity contribution in [1.29, 1.82) is 0 Å². The van der Waals surface area contributed by atoms with Crippen LogP contribution >= 0.6 is 0 Å². The van der Waals surface area contributed by atoms with Crippen LogP contribution in [0.3, 0.4) is 0 Å². The van der Waals surface area contributed by atoms with Crippen molar-refractivity contribution in [2.24, 2.45) is 0 Å². The smallest absolute Gasteiger partial charge is 0.287 e. The normalized spacial score (nSPS) is 11.3. The Morgan fingerprint density at radius 3 is 2.65 bits per heavy atom. The first kappa shape index (κ1) is 13.4. The van der Waals surface area contributed by atoms with Gasteiger partial charge < -0.3 is 15.5 Å². The number of hydrogen-bond acceptors (Lipinski definition) is 3. The number of benzene rings is 1. The molecule has 94 valence electrons. The summed E-state index contributed by atoms with van der Waals surface area (Å²) in [7, 11) is 0. The number of aliphatic hydroxyl groups excluding tert-OH is 1. The minimum Gasteiger partial charge on any atom is -0.507 e. The van der Waals surface area contributed by atoms with Gasteiger partial charge in [-0.2, -0.15) is 0 Å². The van der Waals surface area contributed by atoms with Crippen LogP contribution in [0.4, 0.5) is 8.78 Å². The highest BCUT2D eigenvalue weighted by Gasteiger charge is 2.28. The van der Waals surface area contributed by atoms with E-state index >= 15 is 0 Å². The molecule has 0 bridgehead atoms. The van der Waals surface area contributed by atoms with Crippen molar-refractivity contribution in [1.82, 2.24) is 5.32 Å². The fourth-order valence-corrected chi connectivity index (χ4v) is 1.19. The van der Waals surface area contributed by atoms with E-state index in [2.05, 4.69) is 0 Å². The lowest BCUT2D eigenvalue weighted by Gasteiger charge is -2.14. The third-order valence-corrected chi connectivity index (χ3v) is 2.14. The van der Waals surface area contributed by atoms with Crippen LogP contribution in [0.15, 0.2) is 18.2 Å². The number of aryl methyl sites for hydroxylation is 1. The Bertz CT molecular complexity index is 421. The Balaban J connectivity index is 2.71. The molecule has 0 aliphatic heterocycles. The number of aliphatic hydroxyl groups is 1. The molecule has 4 nitrogen and oxygen atoms in total. The second-order valence-electron chi connectivity index (χ2n) is 3.72. The molecule has 0 saturated carbocycles. The third-order valence-electron chi connectivity index (χ3n) is 2.14. The lowest BCUT2D eigenvalue weighted by Crippen LogP contribution is -2.39. The average Bonchev–Trinajstić information content (AvgIpc) is 2.26. The van der Waals surface area contributed by atoms with E-state index in [9.17, 15) is 18.7 Å². The number of halogens is 2. The van der Waals surface area contributed by atoms with Crippen molar-refractivity contribution in [3.05, 3.63) is 29.3 Å². The molecular weight excluding hydrogens is 232 g/mol. The largest absolute Gasteiger partial charge is 0.507 e.